The van der Waals surface area contributed by atoms with E-state index < -0.39 is 29.5 Å². The zero-order valence-corrected chi connectivity index (χ0v) is 22.2. The summed E-state index contributed by atoms with van der Waals surface area (Å²) in [4.78, 5) is 44.8. The number of nitrogens with zero attached hydrogens (tertiary/aromatic N) is 2. The molecule has 198 valence electrons. The second kappa shape index (κ2) is 11.1. The maximum atomic E-state index is 13.8. The molecule has 1 amide bonds. The van der Waals surface area contributed by atoms with Gasteiger partial charge in [-0.05, 0) is 68.7 Å². The van der Waals surface area contributed by atoms with Gasteiger partial charge in [0.2, 0.25) is 0 Å². The number of Topliss-reactive ketones (excluding diaryl/α,β-unsaturated/α-hetero) is 1. The van der Waals surface area contributed by atoms with Crippen molar-refractivity contribution in [3.63, 3.8) is 0 Å². The first-order valence-corrected chi connectivity index (χ1v) is 12.9. The van der Waals surface area contributed by atoms with E-state index in [-0.39, 0.29) is 27.9 Å². The minimum absolute atomic E-state index is 0.0838. The summed E-state index contributed by atoms with van der Waals surface area (Å²) in [6, 6.07) is 9.15. The number of benzene rings is 2. The number of rotatable bonds is 8. The minimum Gasteiger partial charge on any atom is -0.507 e. The summed E-state index contributed by atoms with van der Waals surface area (Å²) in [5.41, 5.74) is 1.61. The zero-order valence-electron chi connectivity index (χ0n) is 21.4. The molecule has 1 saturated heterocycles. The third kappa shape index (κ3) is 5.04. The van der Waals surface area contributed by atoms with Crippen LogP contribution in [0, 0.1) is 19.7 Å². The summed E-state index contributed by atoms with van der Waals surface area (Å²) >= 11 is 0.906. The number of aliphatic hydroxyl groups excluding tert-OH is 1. The molecule has 0 saturated carbocycles. The molecule has 4 rings (SSSR count). The highest BCUT2D eigenvalue weighted by Gasteiger charge is 2.48. The molecule has 3 aromatic rings. The maximum absolute atomic E-state index is 13.8. The highest BCUT2D eigenvalue weighted by atomic mass is 32.1. The lowest BCUT2D eigenvalue weighted by Gasteiger charge is -2.23. The van der Waals surface area contributed by atoms with Crippen molar-refractivity contribution in [3.05, 3.63) is 81.1 Å². The van der Waals surface area contributed by atoms with Gasteiger partial charge in [0.15, 0.2) is 5.13 Å². The van der Waals surface area contributed by atoms with Crippen molar-refractivity contribution in [3.8, 4) is 5.75 Å². The topological polar surface area (TPSA) is 106 Å². The van der Waals surface area contributed by atoms with Gasteiger partial charge >= 0.3 is 11.9 Å². The third-order valence-corrected chi connectivity index (χ3v) is 7.13. The van der Waals surface area contributed by atoms with E-state index in [1.807, 2.05) is 13.8 Å². The van der Waals surface area contributed by atoms with Gasteiger partial charge in [-0.25, -0.2) is 14.2 Å². The number of aliphatic hydroxyl groups is 1. The summed E-state index contributed by atoms with van der Waals surface area (Å²) in [5, 5.41) is 11.4. The molecule has 0 spiro atoms. The van der Waals surface area contributed by atoms with Crippen LogP contribution in [0.5, 0.6) is 5.75 Å². The van der Waals surface area contributed by atoms with Crippen LogP contribution in [0.15, 0.2) is 48.0 Å². The number of ketones is 1. The van der Waals surface area contributed by atoms with Crippen LogP contribution in [0.1, 0.15) is 58.4 Å². The number of thiazole rings is 1. The molecule has 1 fully saturated rings. The van der Waals surface area contributed by atoms with Gasteiger partial charge in [-0.3, -0.25) is 14.5 Å². The van der Waals surface area contributed by atoms with Crippen LogP contribution >= 0.6 is 11.3 Å². The number of esters is 1. The number of halogens is 1. The Labute approximate surface area is 223 Å². The van der Waals surface area contributed by atoms with E-state index in [2.05, 4.69) is 4.98 Å². The number of hydrogen-bond acceptors (Lipinski definition) is 8. The Hall–Kier alpha value is -4.05. The summed E-state index contributed by atoms with van der Waals surface area (Å²) in [5.74, 6) is -2.69. The van der Waals surface area contributed by atoms with Gasteiger partial charge in [0.05, 0.1) is 30.5 Å². The van der Waals surface area contributed by atoms with Gasteiger partial charge in [-0.1, -0.05) is 30.4 Å². The number of aryl methyl sites for hydroxylation is 2. The fourth-order valence-corrected chi connectivity index (χ4v) is 5.18. The molecule has 0 bridgehead atoms. The van der Waals surface area contributed by atoms with Crippen molar-refractivity contribution >= 4 is 39.9 Å². The van der Waals surface area contributed by atoms with Crippen molar-refractivity contribution in [2.24, 2.45) is 0 Å². The van der Waals surface area contributed by atoms with Gasteiger partial charge in [-0.15, -0.1) is 0 Å². The van der Waals surface area contributed by atoms with E-state index in [4.69, 9.17) is 9.47 Å². The van der Waals surface area contributed by atoms with E-state index in [0.717, 1.165) is 28.2 Å². The fraction of sp³-hybridized carbons (Fsp3) is 0.286. The molecule has 1 unspecified atom stereocenters. The van der Waals surface area contributed by atoms with Gasteiger partial charge in [0, 0.05) is 5.56 Å². The molecular weight excluding hydrogens is 511 g/mol. The lowest BCUT2D eigenvalue weighted by atomic mass is 9.95. The fourth-order valence-electron chi connectivity index (χ4n) is 4.19. The van der Waals surface area contributed by atoms with E-state index >= 15 is 0 Å². The number of anilines is 1. The van der Waals surface area contributed by atoms with E-state index in [9.17, 15) is 23.9 Å². The highest BCUT2D eigenvalue weighted by molar-refractivity contribution is 7.17. The van der Waals surface area contributed by atoms with Crippen LogP contribution in [0.3, 0.4) is 0 Å². The molecule has 1 aliphatic heterocycles. The SMILES string of the molecule is CCCOc1ccc(C(O)=C2C(=O)C(=O)N(c3nc(C)c(C(=O)OCC)s3)C2c2ccc(F)cc2)cc1C. The van der Waals surface area contributed by atoms with E-state index in [1.54, 1.807) is 32.0 Å². The number of carbonyl (C=O) groups is 3. The Morgan fingerprint density at radius 2 is 1.84 bits per heavy atom. The summed E-state index contributed by atoms with van der Waals surface area (Å²) in [6.07, 6.45) is 0.830. The van der Waals surface area contributed by atoms with Crippen LogP contribution in [0.25, 0.3) is 5.76 Å². The number of ether oxygens (including phenoxy) is 2. The van der Waals surface area contributed by atoms with Gasteiger partial charge in [0.1, 0.15) is 22.2 Å². The van der Waals surface area contributed by atoms with Crippen LogP contribution < -0.4 is 9.64 Å². The summed E-state index contributed by atoms with van der Waals surface area (Å²) in [6.45, 7) is 7.76. The largest absolute Gasteiger partial charge is 0.507 e. The quantitative estimate of drug-likeness (QED) is 0.175. The predicted octanol–water partition coefficient (Wildman–Crippen LogP) is 5.49. The van der Waals surface area contributed by atoms with Gasteiger partial charge in [-0.2, -0.15) is 0 Å². The molecule has 10 heteroatoms. The molecule has 1 N–H and O–H groups in total. The molecule has 1 atom stereocenters. The second-order valence-electron chi connectivity index (χ2n) is 8.68. The highest BCUT2D eigenvalue weighted by Crippen LogP contribution is 2.44. The Balaban J connectivity index is 1.86. The normalized spacial score (nSPS) is 16.7. The summed E-state index contributed by atoms with van der Waals surface area (Å²) in [7, 11) is 0. The van der Waals surface area contributed by atoms with Crippen LogP contribution in [0.4, 0.5) is 9.52 Å². The lowest BCUT2D eigenvalue weighted by Crippen LogP contribution is -2.29. The number of amides is 1. The monoisotopic (exact) mass is 538 g/mol. The molecule has 1 aromatic heterocycles. The molecule has 0 aliphatic carbocycles. The Bertz CT molecular complexity index is 1430. The average Bonchev–Trinajstić information content (AvgIpc) is 3.40. The van der Waals surface area contributed by atoms with Crippen LogP contribution in [0.2, 0.25) is 0 Å². The predicted molar refractivity (Wildman–Crippen MR) is 141 cm³/mol. The number of hydrogen-bond donors (Lipinski definition) is 1. The maximum Gasteiger partial charge on any atom is 0.350 e. The van der Waals surface area contributed by atoms with Crippen molar-refractivity contribution in [1.82, 2.24) is 4.98 Å². The first kappa shape index (κ1) is 27.0. The second-order valence-corrected chi connectivity index (χ2v) is 9.66. The van der Waals surface area contributed by atoms with Crippen molar-refractivity contribution in [2.75, 3.05) is 18.1 Å². The molecule has 2 aromatic carbocycles. The van der Waals surface area contributed by atoms with E-state index in [0.29, 0.717) is 29.2 Å². The Kier molecular flexibility index (Phi) is 7.91. The van der Waals surface area contributed by atoms with Crippen molar-refractivity contribution in [1.29, 1.82) is 0 Å². The average molecular weight is 539 g/mol. The molecular formula is C28H27FN2O6S. The third-order valence-electron chi connectivity index (χ3n) is 5.99. The number of aromatic nitrogens is 1. The summed E-state index contributed by atoms with van der Waals surface area (Å²) < 4.78 is 24.6. The first-order chi connectivity index (χ1) is 18.2. The zero-order chi connectivity index (χ0) is 27.6. The molecule has 2 heterocycles. The standard InChI is InChI=1S/C28H27FN2O6S/c1-5-13-37-20-12-9-18(14-15(20)3)23(32)21-22(17-7-10-19(29)11-8-17)31(26(34)24(21)33)28-30-16(4)25(38-28)27(35)36-6-2/h7-12,14,22,32H,5-6,13H2,1-4H3. The Morgan fingerprint density at radius 3 is 2.47 bits per heavy atom. The van der Waals surface area contributed by atoms with Gasteiger partial charge < -0.3 is 14.6 Å². The van der Waals surface area contributed by atoms with E-state index in [1.165, 1.54) is 24.3 Å². The van der Waals surface area contributed by atoms with Crippen LogP contribution in [-0.2, 0) is 14.3 Å². The smallest absolute Gasteiger partial charge is 0.350 e. The first-order valence-electron chi connectivity index (χ1n) is 12.1. The van der Waals surface area contributed by atoms with Crippen molar-refractivity contribution < 1.29 is 33.4 Å². The Morgan fingerprint density at radius 1 is 1.13 bits per heavy atom. The molecule has 1 aliphatic rings. The lowest BCUT2D eigenvalue weighted by molar-refractivity contribution is -0.132. The molecule has 0 radical (unpaired) electrons. The van der Waals surface area contributed by atoms with Gasteiger partial charge in [0.25, 0.3) is 5.78 Å². The minimum atomic E-state index is -1.10. The van der Waals surface area contributed by atoms with Crippen LogP contribution in [-0.4, -0.2) is 41.0 Å². The van der Waals surface area contributed by atoms with Crippen molar-refractivity contribution in [2.45, 2.75) is 40.2 Å². The number of carbonyl (C=O) groups excluding carboxylic acids is 3. The molecule has 8 nitrogen and oxygen atoms in total. The molecule has 38 heavy (non-hydrogen) atoms.